The third kappa shape index (κ3) is 6.72. The van der Waals surface area contributed by atoms with Crippen LogP contribution in [0.2, 0.25) is 0 Å². The van der Waals surface area contributed by atoms with Gasteiger partial charge in [0.1, 0.15) is 5.82 Å². The van der Waals surface area contributed by atoms with Crippen LogP contribution in [0.25, 0.3) is 94.7 Å². The molecule has 0 saturated carbocycles. The van der Waals surface area contributed by atoms with Crippen LogP contribution in [0, 0.1) is 32.3 Å². The Morgan fingerprint density at radius 3 is 1.88 bits per heavy atom. The molecular formula is C60H44N4OPt-2. The molecule has 0 aliphatic carbocycles. The second-order valence-electron chi connectivity index (χ2n) is 18.1. The molecule has 11 aromatic rings. The number of aromatic nitrogens is 4. The van der Waals surface area contributed by atoms with Gasteiger partial charge >= 0.3 is 0 Å². The summed E-state index contributed by atoms with van der Waals surface area (Å²) in [5.74, 6) is 2.00. The molecule has 0 bridgehead atoms. The van der Waals surface area contributed by atoms with Gasteiger partial charge in [0.15, 0.2) is 0 Å². The molecule has 3 aromatic heterocycles. The van der Waals surface area contributed by atoms with Gasteiger partial charge in [-0.25, -0.2) is 4.98 Å². The van der Waals surface area contributed by atoms with Crippen molar-refractivity contribution in [3.05, 3.63) is 211 Å². The Morgan fingerprint density at radius 2 is 1.14 bits per heavy atom. The minimum atomic E-state index is -0.112. The first kappa shape index (κ1) is 41.4. The van der Waals surface area contributed by atoms with Gasteiger partial charge < -0.3 is 13.9 Å². The molecule has 4 heterocycles. The SMILES string of the molecule is Cc1cccc(C)c1-c1cc(C(C)(C)C)cc(-n2c3[c-]c(Oc4[c-]c(-n5[c-][n+]6c7c(cccc75)-c5ccccc5-c5ccccc5-c5ccccc5-6)ccc4)ccc3c3ccccc32)n1.[Pt]. The van der Waals surface area contributed by atoms with E-state index >= 15 is 0 Å². The topological polar surface area (TPSA) is 35.9 Å². The zero-order chi connectivity index (χ0) is 44.0. The second-order valence-corrected chi connectivity index (χ2v) is 18.1. The van der Waals surface area contributed by atoms with E-state index in [0.29, 0.717) is 11.5 Å². The van der Waals surface area contributed by atoms with Crippen molar-refractivity contribution in [3.8, 4) is 73.3 Å². The minimum Gasteiger partial charge on any atom is -0.510 e. The number of hydrogen-bond acceptors (Lipinski definition) is 2. The van der Waals surface area contributed by atoms with Crippen LogP contribution in [0.1, 0.15) is 37.5 Å². The summed E-state index contributed by atoms with van der Waals surface area (Å²) in [6.45, 7) is 11.1. The Morgan fingerprint density at radius 1 is 0.545 bits per heavy atom. The summed E-state index contributed by atoms with van der Waals surface area (Å²) in [4.78, 5) is 5.43. The van der Waals surface area contributed by atoms with Crippen molar-refractivity contribution < 1.29 is 30.4 Å². The Balaban J connectivity index is 0.00000481. The maximum atomic E-state index is 6.74. The maximum absolute atomic E-state index is 6.74. The summed E-state index contributed by atoms with van der Waals surface area (Å²) in [7, 11) is 0. The molecule has 8 aromatic carbocycles. The summed E-state index contributed by atoms with van der Waals surface area (Å²) in [5, 5.41) is 2.21. The number of imidazole rings is 1. The van der Waals surface area contributed by atoms with E-state index in [1.54, 1.807) is 0 Å². The molecule has 1 aliphatic heterocycles. The molecule has 0 radical (unpaired) electrons. The zero-order valence-electron chi connectivity index (χ0n) is 37.3. The first-order chi connectivity index (χ1) is 31.7. The molecule has 0 N–H and O–H groups in total. The molecule has 6 heteroatoms. The smallest absolute Gasteiger partial charge is 0.268 e. The average Bonchev–Trinajstić information content (AvgIpc) is 3.88. The molecule has 1 aliphatic rings. The van der Waals surface area contributed by atoms with Gasteiger partial charge in [0.05, 0.1) is 22.4 Å². The van der Waals surface area contributed by atoms with Gasteiger partial charge in [-0.15, -0.1) is 29.7 Å². The number of rotatable bonds is 5. The van der Waals surface area contributed by atoms with Crippen molar-refractivity contribution in [2.24, 2.45) is 0 Å². The first-order valence-electron chi connectivity index (χ1n) is 22.2. The standard InChI is InChI=1S/C60H44N4O.Pt/c1-38-17-14-18-39(2)58(38)52-33-40(60(3,4)5)34-57(61-52)64-54-29-13-11-26-49(54)50-32-31-43(36-56(50)64)65-42-20-15-19-41(35-42)62-37-63-53-28-12-10-25-48(53)46-23-8-6-21-44(46)45-22-7-9-24-47(45)51-27-16-30-55(62)59(51)63;/h6-34H,1-5H3;/q-2;. The molecule has 0 unspecified atom stereocenters. The van der Waals surface area contributed by atoms with E-state index in [0.717, 1.165) is 66.9 Å². The number of hydrogen-bond donors (Lipinski definition) is 0. The van der Waals surface area contributed by atoms with Crippen molar-refractivity contribution in [2.75, 3.05) is 0 Å². The quantitative estimate of drug-likeness (QED) is 0.127. The van der Waals surface area contributed by atoms with Crippen molar-refractivity contribution in [3.63, 3.8) is 0 Å². The largest absolute Gasteiger partial charge is 0.510 e. The van der Waals surface area contributed by atoms with Crippen LogP contribution >= 0.6 is 0 Å². The van der Waals surface area contributed by atoms with E-state index in [9.17, 15) is 0 Å². The van der Waals surface area contributed by atoms with E-state index in [1.807, 2.05) is 18.2 Å². The van der Waals surface area contributed by atoms with Crippen LogP contribution in [0.4, 0.5) is 0 Å². The molecule has 0 fully saturated rings. The molecule has 322 valence electrons. The van der Waals surface area contributed by atoms with Gasteiger partial charge in [0, 0.05) is 43.6 Å². The van der Waals surface area contributed by atoms with Crippen molar-refractivity contribution in [1.29, 1.82) is 0 Å². The molecule has 0 amide bonds. The van der Waals surface area contributed by atoms with Crippen molar-refractivity contribution in [1.82, 2.24) is 14.1 Å². The summed E-state index contributed by atoms with van der Waals surface area (Å²) in [5.41, 5.74) is 18.6. The number of para-hydroxylation sites is 3. The summed E-state index contributed by atoms with van der Waals surface area (Å²) in [6, 6.07) is 69.5. The molecule has 0 spiro atoms. The van der Waals surface area contributed by atoms with Gasteiger partial charge in [-0.2, -0.15) is 18.2 Å². The van der Waals surface area contributed by atoms with E-state index in [1.165, 1.54) is 44.5 Å². The molecule has 12 rings (SSSR count). The number of pyridine rings is 1. The molecular weight excluding hydrogens is 988 g/mol. The zero-order valence-corrected chi connectivity index (χ0v) is 39.5. The Labute approximate surface area is 399 Å². The van der Waals surface area contributed by atoms with Crippen LogP contribution in [-0.2, 0) is 26.5 Å². The number of benzene rings is 8. The third-order valence-corrected chi connectivity index (χ3v) is 13.0. The normalized spacial score (nSPS) is 11.9. The number of nitrogens with zero attached hydrogens (tertiary/aromatic N) is 4. The van der Waals surface area contributed by atoms with E-state index < -0.39 is 0 Å². The van der Waals surface area contributed by atoms with Crippen LogP contribution in [0.5, 0.6) is 11.5 Å². The van der Waals surface area contributed by atoms with Gasteiger partial charge in [-0.1, -0.05) is 148 Å². The molecule has 0 atom stereocenters. The van der Waals surface area contributed by atoms with Crippen LogP contribution < -0.4 is 9.30 Å². The first-order valence-corrected chi connectivity index (χ1v) is 22.2. The summed E-state index contributed by atoms with van der Waals surface area (Å²) in [6.07, 6.45) is 3.78. The fraction of sp³-hybridized carbons (Fsp3) is 0.100. The fourth-order valence-corrected chi connectivity index (χ4v) is 9.85. The van der Waals surface area contributed by atoms with E-state index in [-0.39, 0.29) is 26.5 Å². The monoisotopic (exact) mass is 1030 g/mol. The number of fused-ring (bicyclic) bond motifs is 10. The van der Waals surface area contributed by atoms with Gasteiger partial charge in [0.25, 0.3) is 6.33 Å². The predicted molar refractivity (Wildman–Crippen MR) is 263 cm³/mol. The van der Waals surface area contributed by atoms with E-state index in [2.05, 4.69) is 225 Å². The average molecular weight is 1030 g/mol. The number of aryl methyl sites for hydroxylation is 2. The Bertz CT molecular complexity index is 3700. The van der Waals surface area contributed by atoms with Gasteiger partial charge in [0.2, 0.25) is 0 Å². The van der Waals surface area contributed by atoms with Crippen molar-refractivity contribution >= 4 is 32.8 Å². The molecule has 66 heavy (non-hydrogen) atoms. The summed E-state index contributed by atoms with van der Waals surface area (Å²) >= 11 is 0. The maximum Gasteiger partial charge on any atom is 0.268 e. The van der Waals surface area contributed by atoms with Crippen LogP contribution in [0.3, 0.4) is 0 Å². The molecule has 5 nitrogen and oxygen atoms in total. The minimum absolute atomic E-state index is 0. The molecule has 0 saturated heterocycles. The van der Waals surface area contributed by atoms with Gasteiger partial charge in [-0.3, -0.25) is 4.57 Å². The van der Waals surface area contributed by atoms with Gasteiger partial charge in [-0.05, 0) is 105 Å². The summed E-state index contributed by atoms with van der Waals surface area (Å²) < 4.78 is 13.3. The van der Waals surface area contributed by atoms with Crippen molar-refractivity contribution in [2.45, 2.75) is 40.0 Å². The van der Waals surface area contributed by atoms with Crippen LogP contribution in [-0.4, -0.2) is 14.1 Å². The second kappa shape index (κ2) is 16.0. The fourth-order valence-electron chi connectivity index (χ4n) is 9.85. The Hall–Kier alpha value is -7.33. The third-order valence-electron chi connectivity index (χ3n) is 13.0. The predicted octanol–water partition coefficient (Wildman–Crippen LogP) is 14.5. The van der Waals surface area contributed by atoms with E-state index in [4.69, 9.17) is 9.72 Å². The van der Waals surface area contributed by atoms with Crippen LogP contribution in [0.15, 0.2) is 176 Å². The Kier molecular flexibility index (Phi) is 10.0. The number of ether oxygens (including phenoxy) is 1.